The first-order valence-electron chi connectivity index (χ1n) is 5.46. The highest BCUT2D eigenvalue weighted by molar-refractivity contribution is 8.76. The molecule has 0 fully saturated rings. The Morgan fingerprint density at radius 2 is 1.89 bits per heavy atom. The van der Waals surface area contributed by atoms with Gasteiger partial charge in [0.25, 0.3) is 0 Å². The molecule has 0 bridgehead atoms. The second kappa shape index (κ2) is 11.6. The van der Waals surface area contributed by atoms with E-state index in [1.54, 1.807) is 0 Å². The molecular formula is C9H18N2O5S2. The van der Waals surface area contributed by atoms with Crippen molar-refractivity contribution in [1.29, 1.82) is 0 Å². The molecule has 0 aromatic carbocycles. The van der Waals surface area contributed by atoms with Crippen LogP contribution in [0.2, 0.25) is 0 Å². The molecule has 0 saturated heterocycles. The van der Waals surface area contributed by atoms with Crippen molar-refractivity contribution in [3.63, 3.8) is 0 Å². The Morgan fingerprint density at radius 1 is 1.22 bits per heavy atom. The molecule has 0 heterocycles. The summed E-state index contributed by atoms with van der Waals surface area (Å²) in [7, 11) is 2.78. The van der Waals surface area contributed by atoms with Crippen molar-refractivity contribution in [3.05, 3.63) is 4.91 Å². The van der Waals surface area contributed by atoms with Gasteiger partial charge in [0.05, 0.1) is 5.29 Å². The van der Waals surface area contributed by atoms with Crippen molar-refractivity contribution in [3.8, 4) is 0 Å². The van der Waals surface area contributed by atoms with Crippen LogP contribution in [0.4, 0.5) is 0 Å². The van der Waals surface area contributed by atoms with Gasteiger partial charge in [-0.2, -0.15) is 0 Å². The van der Waals surface area contributed by atoms with Crippen molar-refractivity contribution >= 4 is 27.6 Å². The van der Waals surface area contributed by atoms with Gasteiger partial charge in [0, 0.05) is 31.3 Å². The summed E-state index contributed by atoms with van der Waals surface area (Å²) in [4.78, 5) is 21.6. The molecule has 0 unspecified atom stereocenters. The molecule has 0 aromatic heterocycles. The van der Waals surface area contributed by atoms with Gasteiger partial charge in [-0.3, -0.25) is 0 Å². The van der Waals surface area contributed by atoms with Gasteiger partial charge < -0.3 is 15.3 Å². The minimum absolute atomic E-state index is 0.106. The monoisotopic (exact) mass is 298 g/mol. The Kier molecular flexibility index (Phi) is 11.2. The number of rotatable bonds is 12. The number of aliphatic hydroxyl groups excluding tert-OH is 2. The van der Waals surface area contributed by atoms with Crippen LogP contribution >= 0.6 is 21.6 Å². The lowest BCUT2D eigenvalue weighted by Crippen LogP contribution is -2.40. The van der Waals surface area contributed by atoms with Crippen molar-refractivity contribution in [2.75, 3.05) is 31.3 Å². The summed E-state index contributed by atoms with van der Waals surface area (Å²) in [6.07, 6.45) is 0.952. The van der Waals surface area contributed by atoms with Gasteiger partial charge in [0.1, 0.15) is 0 Å². The minimum atomic E-state index is -1.11. The van der Waals surface area contributed by atoms with Crippen LogP contribution in [-0.2, 0) is 4.79 Å². The van der Waals surface area contributed by atoms with E-state index in [0.717, 1.165) is 10.8 Å². The van der Waals surface area contributed by atoms with E-state index >= 15 is 0 Å². The molecule has 0 amide bonds. The van der Waals surface area contributed by atoms with Gasteiger partial charge >= 0.3 is 5.97 Å². The van der Waals surface area contributed by atoms with E-state index in [2.05, 4.69) is 5.29 Å². The molecule has 0 aliphatic heterocycles. The lowest BCUT2D eigenvalue weighted by Gasteiger charge is -2.21. The number of carbonyl (C=O) groups is 1. The predicted octanol–water partition coefficient (Wildman–Crippen LogP) is 0.569. The molecule has 9 heteroatoms. The number of hydrogen-bond donors (Lipinski definition) is 3. The normalized spacial score (nSPS) is 12.1. The van der Waals surface area contributed by atoms with Gasteiger partial charge in [0.2, 0.25) is 0 Å². The van der Waals surface area contributed by atoms with Gasteiger partial charge in [-0.15, -0.1) is 4.91 Å². The molecule has 0 radical (unpaired) electrons. The summed E-state index contributed by atoms with van der Waals surface area (Å²) in [5.41, 5.74) is 0. The van der Waals surface area contributed by atoms with Crippen LogP contribution in [0.3, 0.4) is 0 Å². The largest absolute Gasteiger partial charge is 0.480 e. The zero-order valence-electron chi connectivity index (χ0n) is 9.90. The number of aliphatic carboxylic acids is 1. The Hall–Kier alpha value is -0.510. The van der Waals surface area contributed by atoms with Crippen molar-refractivity contribution in [2.24, 2.45) is 5.29 Å². The minimum Gasteiger partial charge on any atom is -0.480 e. The fraction of sp³-hybridized carbons (Fsp3) is 0.889. The van der Waals surface area contributed by atoms with Crippen LogP contribution in [0.25, 0.3) is 0 Å². The quantitative estimate of drug-likeness (QED) is 0.207. The fourth-order valence-corrected chi connectivity index (χ4v) is 3.35. The summed E-state index contributed by atoms with van der Waals surface area (Å²) in [6.45, 7) is 0.115. The van der Waals surface area contributed by atoms with E-state index in [-0.39, 0.29) is 25.5 Å². The van der Waals surface area contributed by atoms with Crippen LogP contribution in [0.15, 0.2) is 5.29 Å². The molecule has 0 spiro atoms. The maximum atomic E-state index is 11.0. The molecule has 3 N–H and O–H groups in total. The molecule has 0 aliphatic rings. The van der Waals surface area contributed by atoms with Crippen molar-refractivity contribution in [2.45, 2.75) is 18.9 Å². The summed E-state index contributed by atoms with van der Waals surface area (Å²) >= 11 is 0. The lowest BCUT2D eigenvalue weighted by molar-refractivity contribution is -0.142. The zero-order valence-corrected chi connectivity index (χ0v) is 11.5. The van der Waals surface area contributed by atoms with Crippen molar-refractivity contribution in [1.82, 2.24) is 5.01 Å². The third-order valence-corrected chi connectivity index (χ3v) is 4.47. The molecule has 106 valence electrons. The summed E-state index contributed by atoms with van der Waals surface area (Å²) in [5, 5.41) is 29.9. The maximum absolute atomic E-state index is 11.0. The Balaban J connectivity index is 4.10. The average Bonchev–Trinajstić information content (AvgIpc) is 2.36. The highest BCUT2D eigenvalue weighted by atomic mass is 33.1. The van der Waals surface area contributed by atoms with E-state index in [0.29, 0.717) is 12.8 Å². The second-order valence-corrected chi connectivity index (χ2v) is 5.99. The van der Waals surface area contributed by atoms with E-state index in [1.165, 1.54) is 21.6 Å². The number of nitrogens with zero attached hydrogens (tertiary/aromatic N) is 2. The van der Waals surface area contributed by atoms with E-state index < -0.39 is 12.0 Å². The average molecular weight is 298 g/mol. The molecule has 1 atom stereocenters. The van der Waals surface area contributed by atoms with Crippen LogP contribution < -0.4 is 0 Å². The number of carboxylic acid groups (broad SMARTS) is 1. The van der Waals surface area contributed by atoms with Crippen molar-refractivity contribution < 1.29 is 20.1 Å². The van der Waals surface area contributed by atoms with Crippen LogP contribution in [0.5, 0.6) is 0 Å². The first kappa shape index (κ1) is 17.5. The standard InChI is InChI=1S/C9H18N2O5S2/c12-4-1-3-11(10-16)8(9(14)15)7-18-17-6-2-5-13/h8,12-13H,1-7H2,(H,14,15)/t8-/m0/s1. The number of carboxylic acids is 1. The molecule has 0 aliphatic carbocycles. The van der Waals surface area contributed by atoms with E-state index in [9.17, 15) is 9.70 Å². The Morgan fingerprint density at radius 3 is 2.39 bits per heavy atom. The van der Waals surface area contributed by atoms with E-state index in [4.69, 9.17) is 15.3 Å². The molecule has 18 heavy (non-hydrogen) atoms. The third kappa shape index (κ3) is 7.75. The number of hydrogen-bond acceptors (Lipinski definition) is 7. The Labute approximate surface area is 113 Å². The first-order chi connectivity index (χ1) is 8.67. The van der Waals surface area contributed by atoms with Gasteiger partial charge in [-0.05, 0) is 12.8 Å². The van der Waals surface area contributed by atoms with Gasteiger partial charge in [-0.25, -0.2) is 9.80 Å². The molecule has 0 saturated carbocycles. The van der Waals surface area contributed by atoms with Gasteiger partial charge in [0.15, 0.2) is 6.04 Å². The molecule has 7 nitrogen and oxygen atoms in total. The highest BCUT2D eigenvalue weighted by Gasteiger charge is 2.25. The summed E-state index contributed by atoms with van der Waals surface area (Å²) < 4.78 is 0. The Bertz CT molecular complexity index is 245. The summed E-state index contributed by atoms with van der Waals surface area (Å²) in [6, 6.07) is -0.985. The predicted molar refractivity (Wildman–Crippen MR) is 72.2 cm³/mol. The fourth-order valence-electron chi connectivity index (χ4n) is 1.07. The maximum Gasteiger partial charge on any atom is 0.329 e. The summed E-state index contributed by atoms with van der Waals surface area (Å²) in [5.74, 6) is -0.163. The molecular weight excluding hydrogens is 280 g/mol. The van der Waals surface area contributed by atoms with E-state index in [1.807, 2.05) is 0 Å². The van der Waals surface area contributed by atoms with Gasteiger partial charge in [-0.1, -0.05) is 21.6 Å². The first-order valence-corrected chi connectivity index (χ1v) is 7.95. The highest BCUT2D eigenvalue weighted by Crippen LogP contribution is 2.24. The van der Waals surface area contributed by atoms with Crippen LogP contribution in [-0.4, -0.2) is 63.6 Å². The molecule has 0 aromatic rings. The number of aliphatic hydroxyl groups is 2. The smallest absolute Gasteiger partial charge is 0.329 e. The zero-order chi connectivity index (χ0) is 13.8. The SMILES string of the molecule is O=NN(CCCO)[C@@H](CSSCCCO)C(=O)O. The van der Waals surface area contributed by atoms with Crippen LogP contribution in [0, 0.1) is 4.91 Å². The lowest BCUT2D eigenvalue weighted by atomic mass is 10.3. The second-order valence-electron chi connectivity index (χ2n) is 3.36. The molecule has 0 rings (SSSR count). The third-order valence-electron chi connectivity index (χ3n) is 1.99. The van der Waals surface area contributed by atoms with Crippen LogP contribution in [0.1, 0.15) is 12.8 Å². The number of nitroso groups, excluding NO2 is 1. The topological polar surface area (TPSA) is 110 Å².